The number of allylic oxidation sites excluding steroid dienone is 1. The lowest BCUT2D eigenvalue weighted by Crippen LogP contribution is -1.99. The van der Waals surface area contributed by atoms with E-state index in [1.54, 1.807) is 18.2 Å². The Hall–Kier alpha value is -2.55. The molecule has 0 unspecified atom stereocenters. The molecule has 0 aromatic heterocycles. The van der Waals surface area contributed by atoms with Crippen molar-refractivity contribution >= 4 is 10.8 Å². The summed E-state index contributed by atoms with van der Waals surface area (Å²) >= 11 is 0. The summed E-state index contributed by atoms with van der Waals surface area (Å²) in [5.74, 6) is -2.82. The van der Waals surface area contributed by atoms with Gasteiger partial charge >= 0.3 is 0 Å². The Labute approximate surface area is 152 Å². The third-order valence-corrected chi connectivity index (χ3v) is 4.62. The summed E-state index contributed by atoms with van der Waals surface area (Å²) in [5.41, 5.74) is 2.34. The molecule has 134 valence electrons. The first-order valence-electron chi connectivity index (χ1n) is 8.86. The molecule has 0 heterocycles. The first-order chi connectivity index (χ1) is 12.6. The van der Waals surface area contributed by atoms with Crippen molar-refractivity contribution in [3.63, 3.8) is 0 Å². The van der Waals surface area contributed by atoms with E-state index >= 15 is 4.39 Å². The summed E-state index contributed by atoms with van der Waals surface area (Å²) in [6, 6.07) is 12.3. The third kappa shape index (κ3) is 3.39. The summed E-state index contributed by atoms with van der Waals surface area (Å²) in [6.45, 7) is 5.69. The zero-order chi connectivity index (χ0) is 18.7. The molecular weight excluding hydrogens is 333 g/mol. The number of halogens is 3. The highest BCUT2D eigenvalue weighted by atomic mass is 19.2. The molecule has 0 aliphatic carbocycles. The van der Waals surface area contributed by atoms with Crippen molar-refractivity contribution in [2.75, 3.05) is 0 Å². The number of hydrogen-bond donors (Lipinski definition) is 0. The highest BCUT2D eigenvalue weighted by molar-refractivity contribution is 5.89. The van der Waals surface area contributed by atoms with E-state index in [2.05, 4.69) is 13.5 Å². The van der Waals surface area contributed by atoms with Crippen molar-refractivity contribution in [2.45, 2.75) is 32.6 Å². The third-order valence-electron chi connectivity index (χ3n) is 4.62. The number of hydrogen-bond acceptors (Lipinski definition) is 0. The molecule has 3 aromatic carbocycles. The van der Waals surface area contributed by atoms with Crippen LogP contribution in [0.25, 0.3) is 21.9 Å². The molecule has 0 atom stereocenters. The van der Waals surface area contributed by atoms with E-state index in [4.69, 9.17) is 0 Å². The second kappa shape index (κ2) is 7.77. The van der Waals surface area contributed by atoms with Crippen LogP contribution in [0.1, 0.15) is 30.9 Å². The average molecular weight is 354 g/mol. The Morgan fingerprint density at radius 3 is 2.27 bits per heavy atom. The van der Waals surface area contributed by atoms with Crippen LogP contribution in [0.2, 0.25) is 0 Å². The predicted octanol–water partition coefficient (Wildman–Crippen LogP) is 7.00. The lowest BCUT2D eigenvalue weighted by molar-refractivity contribution is 0.502. The molecule has 0 N–H and O–H groups in total. The maximum Gasteiger partial charge on any atom is 0.169 e. The molecule has 0 bridgehead atoms. The number of rotatable bonds is 6. The van der Waals surface area contributed by atoms with Gasteiger partial charge in [0.05, 0.1) is 5.39 Å². The van der Waals surface area contributed by atoms with E-state index in [1.165, 1.54) is 11.6 Å². The van der Waals surface area contributed by atoms with Crippen LogP contribution in [0.4, 0.5) is 13.2 Å². The second-order valence-electron chi connectivity index (χ2n) is 6.46. The van der Waals surface area contributed by atoms with Gasteiger partial charge in [-0.15, -0.1) is 6.58 Å². The highest BCUT2D eigenvalue weighted by Gasteiger charge is 2.19. The van der Waals surface area contributed by atoms with E-state index in [0.717, 1.165) is 12.8 Å². The molecule has 3 rings (SSSR count). The molecule has 0 aliphatic rings. The fourth-order valence-electron chi connectivity index (χ4n) is 3.24. The molecule has 0 fully saturated rings. The molecule has 26 heavy (non-hydrogen) atoms. The van der Waals surface area contributed by atoms with E-state index in [9.17, 15) is 8.78 Å². The fraction of sp³-hybridized carbons (Fsp3) is 0.217. The van der Waals surface area contributed by atoms with Crippen LogP contribution in [-0.4, -0.2) is 0 Å². The van der Waals surface area contributed by atoms with Crippen LogP contribution in [0.15, 0.2) is 55.1 Å². The Kier molecular flexibility index (Phi) is 5.46. The van der Waals surface area contributed by atoms with Gasteiger partial charge in [0.25, 0.3) is 0 Å². The second-order valence-corrected chi connectivity index (χ2v) is 6.46. The smallest absolute Gasteiger partial charge is 0.169 e. The van der Waals surface area contributed by atoms with Crippen LogP contribution in [-0.2, 0) is 12.8 Å². The van der Waals surface area contributed by atoms with Gasteiger partial charge in [-0.2, -0.15) is 0 Å². The predicted molar refractivity (Wildman–Crippen MR) is 102 cm³/mol. The number of aryl methyl sites for hydroxylation is 2. The first-order valence-corrected chi connectivity index (χ1v) is 8.86. The van der Waals surface area contributed by atoms with Crippen molar-refractivity contribution in [3.05, 3.63) is 83.7 Å². The van der Waals surface area contributed by atoms with Crippen molar-refractivity contribution in [1.29, 1.82) is 0 Å². The average Bonchev–Trinajstić information content (AvgIpc) is 2.64. The van der Waals surface area contributed by atoms with Crippen molar-refractivity contribution in [2.24, 2.45) is 0 Å². The van der Waals surface area contributed by atoms with Crippen LogP contribution >= 0.6 is 0 Å². The lowest BCUT2D eigenvalue weighted by Gasteiger charge is -2.11. The van der Waals surface area contributed by atoms with Gasteiger partial charge in [0.15, 0.2) is 11.6 Å². The Morgan fingerprint density at radius 2 is 1.62 bits per heavy atom. The SMILES string of the molecule is C=CCCc1cc2ccc(-c3ccc(CCC)cc3)c(F)c2c(F)c1F. The molecule has 0 saturated carbocycles. The maximum absolute atomic E-state index is 15.0. The monoisotopic (exact) mass is 354 g/mol. The van der Waals surface area contributed by atoms with Gasteiger partial charge in [0.1, 0.15) is 5.82 Å². The molecule has 3 aromatic rings. The zero-order valence-electron chi connectivity index (χ0n) is 14.8. The molecule has 0 aliphatic heterocycles. The summed E-state index contributed by atoms with van der Waals surface area (Å²) in [7, 11) is 0. The van der Waals surface area contributed by atoms with Crippen LogP contribution in [0.5, 0.6) is 0 Å². The molecule has 0 amide bonds. The van der Waals surface area contributed by atoms with E-state index in [-0.39, 0.29) is 16.5 Å². The van der Waals surface area contributed by atoms with E-state index < -0.39 is 17.5 Å². The van der Waals surface area contributed by atoms with Gasteiger partial charge in [0, 0.05) is 5.56 Å². The molecule has 3 heteroatoms. The lowest BCUT2D eigenvalue weighted by atomic mass is 9.96. The summed E-state index contributed by atoms with van der Waals surface area (Å²) in [4.78, 5) is 0. The zero-order valence-corrected chi connectivity index (χ0v) is 14.8. The van der Waals surface area contributed by atoms with Crippen molar-refractivity contribution < 1.29 is 13.2 Å². The number of benzene rings is 3. The quantitative estimate of drug-likeness (QED) is 0.418. The van der Waals surface area contributed by atoms with Gasteiger partial charge in [-0.1, -0.05) is 55.8 Å². The van der Waals surface area contributed by atoms with Gasteiger partial charge in [0.2, 0.25) is 0 Å². The van der Waals surface area contributed by atoms with Gasteiger partial charge < -0.3 is 0 Å². The standard InChI is InChI=1S/C23H21F3/c1-3-5-7-18-14-17-12-13-19(22(25)20(17)23(26)21(18)24)16-10-8-15(6-4-2)9-11-16/h3,8-14H,1,4-7H2,2H3. The normalized spacial score (nSPS) is 11.1. The first kappa shape index (κ1) is 18.2. The summed E-state index contributed by atoms with van der Waals surface area (Å²) < 4.78 is 43.9. The molecule has 0 radical (unpaired) electrons. The fourth-order valence-corrected chi connectivity index (χ4v) is 3.24. The minimum Gasteiger partial charge on any atom is -0.206 e. The largest absolute Gasteiger partial charge is 0.206 e. The van der Waals surface area contributed by atoms with Gasteiger partial charge in [-0.3, -0.25) is 0 Å². The van der Waals surface area contributed by atoms with Gasteiger partial charge in [-0.05, 0) is 47.4 Å². The van der Waals surface area contributed by atoms with Crippen LogP contribution < -0.4 is 0 Å². The Balaban J connectivity index is 2.10. The minimum absolute atomic E-state index is 0.242. The van der Waals surface area contributed by atoms with E-state index in [0.29, 0.717) is 23.8 Å². The molecule has 0 saturated heterocycles. The van der Waals surface area contributed by atoms with Gasteiger partial charge in [-0.25, -0.2) is 13.2 Å². The van der Waals surface area contributed by atoms with Crippen molar-refractivity contribution in [1.82, 2.24) is 0 Å². The summed E-state index contributed by atoms with van der Waals surface area (Å²) in [6.07, 6.45) is 4.50. The van der Waals surface area contributed by atoms with Crippen molar-refractivity contribution in [3.8, 4) is 11.1 Å². The number of fused-ring (bicyclic) bond motifs is 1. The molecular formula is C23H21F3. The van der Waals surface area contributed by atoms with Crippen LogP contribution in [0.3, 0.4) is 0 Å². The Bertz CT molecular complexity index is 940. The van der Waals surface area contributed by atoms with Crippen LogP contribution in [0, 0.1) is 17.5 Å². The summed E-state index contributed by atoms with van der Waals surface area (Å²) in [5, 5.41) is 0.0757. The van der Waals surface area contributed by atoms with E-state index in [1.807, 2.05) is 24.3 Å². The molecule has 0 nitrogen and oxygen atoms in total. The maximum atomic E-state index is 15.0. The Morgan fingerprint density at radius 1 is 0.885 bits per heavy atom. The topological polar surface area (TPSA) is 0 Å². The highest BCUT2D eigenvalue weighted by Crippen LogP contribution is 2.33. The minimum atomic E-state index is -1.12. The molecule has 0 spiro atoms.